The van der Waals surface area contributed by atoms with Crippen LogP contribution in [0, 0.1) is 11.6 Å². The van der Waals surface area contributed by atoms with E-state index in [0.29, 0.717) is 16.9 Å². The van der Waals surface area contributed by atoms with Crippen molar-refractivity contribution in [1.29, 1.82) is 0 Å². The molecule has 35 heavy (non-hydrogen) atoms. The number of hydrogen-bond donors (Lipinski definition) is 1. The molecule has 1 amide bonds. The Bertz CT molecular complexity index is 1340. The van der Waals surface area contributed by atoms with E-state index in [4.69, 9.17) is 4.74 Å². The summed E-state index contributed by atoms with van der Waals surface area (Å²) in [6.07, 6.45) is 0. The van der Waals surface area contributed by atoms with Crippen LogP contribution >= 0.6 is 0 Å². The molecule has 0 bridgehead atoms. The maximum atomic E-state index is 14.0. The monoisotopic (exact) mass is 477 g/mol. The molecular weight excluding hydrogens is 452 g/mol. The number of aliphatic hydroxyl groups is 1. The van der Waals surface area contributed by atoms with Crippen LogP contribution in [-0.4, -0.2) is 23.9 Å². The van der Waals surface area contributed by atoms with Crippen LogP contribution in [0.3, 0.4) is 0 Å². The van der Waals surface area contributed by atoms with Gasteiger partial charge in [-0.2, -0.15) is 0 Å². The molecule has 1 aliphatic rings. The lowest BCUT2D eigenvalue weighted by Crippen LogP contribution is -2.29. The molecule has 0 aliphatic carbocycles. The molecule has 0 spiro atoms. The van der Waals surface area contributed by atoms with Gasteiger partial charge in [0.25, 0.3) is 11.7 Å². The maximum Gasteiger partial charge on any atom is 0.300 e. The second-order valence-corrected chi connectivity index (χ2v) is 9.37. The highest BCUT2D eigenvalue weighted by molar-refractivity contribution is 6.51. The Morgan fingerprint density at radius 1 is 0.943 bits per heavy atom. The summed E-state index contributed by atoms with van der Waals surface area (Å²) in [5, 5.41) is 11.4. The molecule has 1 fully saturated rings. The van der Waals surface area contributed by atoms with Gasteiger partial charge in [-0.3, -0.25) is 14.5 Å². The minimum atomic E-state index is -1.09. The summed E-state index contributed by atoms with van der Waals surface area (Å²) in [5.41, 5.74) is 1.13. The fourth-order valence-corrected chi connectivity index (χ4v) is 4.28. The van der Waals surface area contributed by atoms with Gasteiger partial charge in [-0.25, -0.2) is 8.78 Å². The van der Waals surface area contributed by atoms with E-state index in [1.807, 2.05) is 20.8 Å². The zero-order chi connectivity index (χ0) is 25.5. The number of nitrogens with zero attached hydrogens (tertiary/aromatic N) is 1. The van der Waals surface area contributed by atoms with Crippen molar-refractivity contribution in [1.82, 2.24) is 0 Å². The number of anilines is 1. The molecule has 1 saturated heterocycles. The van der Waals surface area contributed by atoms with Gasteiger partial charge in [0, 0.05) is 16.8 Å². The number of rotatable bonds is 4. The van der Waals surface area contributed by atoms with Crippen LogP contribution in [0.4, 0.5) is 14.5 Å². The highest BCUT2D eigenvalue weighted by Crippen LogP contribution is 2.43. The summed E-state index contributed by atoms with van der Waals surface area (Å²) in [6.45, 7) is 5.95. The van der Waals surface area contributed by atoms with Crippen LogP contribution in [0.25, 0.3) is 5.76 Å². The number of halogens is 2. The van der Waals surface area contributed by atoms with E-state index in [2.05, 4.69) is 0 Å². The van der Waals surface area contributed by atoms with E-state index in [9.17, 15) is 23.5 Å². The predicted molar refractivity (Wildman–Crippen MR) is 129 cm³/mol. The van der Waals surface area contributed by atoms with Crippen LogP contribution in [0.2, 0.25) is 0 Å². The SMILES string of the molecule is COc1ccc(/C(O)=C2/C(=O)C(=O)N(c3cccc(F)c3)C2c2ccc(F)cc2)cc1C(C)(C)C. The zero-order valence-electron chi connectivity index (χ0n) is 19.8. The summed E-state index contributed by atoms with van der Waals surface area (Å²) < 4.78 is 33.2. The lowest BCUT2D eigenvalue weighted by atomic mass is 9.84. The lowest BCUT2D eigenvalue weighted by Gasteiger charge is -2.26. The molecule has 5 nitrogen and oxygen atoms in total. The Morgan fingerprint density at radius 3 is 2.23 bits per heavy atom. The van der Waals surface area contributed by atoms with E-state index < -0.39 is 29.4 Å². The number of amides is 1. The standard InChI is InChI=1S/C28H25F2NO4/c1-28(2,3)21-14-17(10-13-22(21)35-4)25(32)23-24(16-8-11-18(29)12-9-16)31(27(34)26(23)33)20-7-5-6-19(30)15-20/h5-15,24,32H,1-4H3/b25-23-. The molecule has 0 saturated carbocycles. The van der Waals surface area contributed by atoms with Crippen molar-refractivity contribution in [2.24, 2.45) is 0 Å². The van der Waals surface area contributed by atoms with Crippen LogP contribution in [-0.2, 0) is 15.0 Å². The minimum Gasteiger partial charge on any atom is -0.507 e. The molecule has 0 aromatic heterocycles. The van der Waals surface area contributed by atoms with Crippen molar-refractivity contribution < 1.29 is 28.2 Å². The number of carbonyl (C=O) groups excluding carboxylic acids is 2. The summed E-state index contributed by atoms with van der Waals surface area (Å²) in [6, 6.07) is 14.4. The first-order valence-electron chi connectivity index (χ1n) is 11.0. The van der Waals surface area contributed by atoms with E-state index in [1.165, 1.54) is 42.5 Å². The van der Waals surface area contributed by atoms with Crippen molar-refractivity contribution in [3.8, 4) is 5.75 Å². The average molecular weight is 478 g/mol. The predicted octanol–water partition coefficient (Wildman–Crippen LogP) is 5.90. The van der Waals surface area contributed by atoms with Crippen LogP contribution in [0.5, 0.6) is 5.75 Å². The fourth-order valence-electron chi connectivity index (χ4n) is 4.28. The molecule has 1 N–H and O–H groups in total. The van der Waals surface area contributed by atoms with Crippen molar-refractivity contribution in [3.05, 3.63) is 101 Å². The molecule has 0 radical (unpaired) electrons. The van der Waals surface area contributed by atoms with Crippen LogP contribution < -0.4 is 9.64 Å². The average Bonchev–Trinajstić information content (AvgIpc) is 3.08. The third-order valence-electron chi connectivity index (χ3n) is 6.00. The van der Waals surface area contributed by atoms with Gasteiger partial charge in [-0.1, -0.05) is 39.0 Å². The van der Waals surface area contributed by atoms with E-state index in [1.54, 1.807) is 25.3 Å². The van der Waals surface area contributed by atoms with Crippen molar-refractivity contribution >= 4 is 23.1 Å². The number of ether oxygens (including phenoxy) is 1. The molecule has 180 valence electrons. The summed E-state index contributed by atoms with van der Waals surface area (Å²) in [5.74, 6) is -2.70. The second-order valence-electron chi connectivity index (χ2n) is 9.37. The van der Waals surface area contributed by atoms with Crippen molar-refractivity contribution in [2.75, 3.05) is 12.0 Å². The van der Waals surface area contributed by atoms with Gasteiger partial charge >= 0.3 is 0 Å². The van der Waals surface area contributed by atoms with Crippen molar-refractivity contribution in [3.63, 3.8) is 0 Å². The number of hydrogen-bond acceptors (Lipinski definition) is 4. The van der Waals surface area contributed by atoms with Gasteiger partial charge in [0.05, 0.1) is 18.7 Å². The topological polar surface area (TPSA) is 66.8 Å². The van der Waals surface area contributed by atoms with Gasteiger partial charge in [0.15, 0.2) is 0 Å². The third-order valence-corrected chi connectivity index (χ3v) is 6.00. The smallest absolute Gasteiger partial charge is 0.300 e. The number of carbonyl (C=O) groups is 2. The molecule has 1 aliphatic heterocycles. The number of benzene rings is 3. The lowest BCUT2D eigenvalue weighted by molar-refractivity contribution is -0.132. The van der Waals surface area contributed by atoms with Crippen molar-refractivity contribution in [2.45, 2.75) is 32.2 Å². The minimum absolute atomic E-state index is 0.144. The number of aliphatic hydroxyl groups excluding tert-OH is 1. The Kier molecular flexibility index (Phi) is 6.19. The van der Waals surface area contributed by atoms with E-state index >= 15 is 0 Å². The van der Waals surface area contributed by atoms with Gasteiger partial charge in [0.2, 0.25) is 0 Å². The highest BCUT2D eigenvalue weighted by atomic mass is 19.1. The van der Waals surface area contributed by atoms with Gasteiger partial charge in [-0.15, -0.1) is 0 Å². The fraction of sp³-hybridized carbons (Fsp3) is 0.214. The van der Waals surface area contributed by atoms with Crippen LogP contribution in [0.1, 0.15) is 43.5 Å². The summed E-state index contributed by atoms with van der Waals surface area (Å²) >= 11 is 0. The molecule has 4 rings (SSSR count). The molecule has 1 unspecified atom stereocenters. The molecule has 3 aromatic rings. The molecule has 3 aromatic carbocycles. The quantitative estimate of drug-likeness (QED) is 0.289. The first-order chi connectivity index (χ1) is 16.5. The third kappa shape index (κ3) is 4.41. The van der Waals surface area contributed by atoms with E-state index in [-0.39, 0.29) is 22.4 Å². The first-order valence-corrected chi connectivity index (χ1v) is 11.0. The largest absolute Gasteiger partial charge is 0.507 e. The van der Waals surface area contributed by atoms with Gasteiger partial charge in [-0.05, 0) is 59.5 Å². The molecular formula is C28H25F2NO4. The maximum absolute atomic E-state index is 14.0. The Morgan fingerprint density at radius 2 is 1.63 bits per heavy atom. The van der Waals surface area contributed by atoms with Gasteiger partial charge in [0.1, 0.15) is 23.1 Å². The number of ketones is 1. The second kappa shape index (κ2) is 8.98. The van der Waals surface area contributed by atoms with Gasteiger partial charge < -0.3 is 9.84 Å². The summed E-state index contributed by atoms with van der Waals surface area (Å²) in [4.78, 5) is 27.5. The Balaban J connectivity index is 1.96. The molecule has 7 heteroatoms. The first kappa shape index (κ1) is 24.1. The normalized spacial score (nSPS) is 17.7. The number of methoxy groups -OCH3 is 1. The number of Topliss-reactive ketones (excluding diaryl/α,β-unsaturated/α-hetero) is 1. The molecule has 1 atom stereocenters. The Hall–Kier alpha value is -4.00. The zero-order valence-corrected chi connectivity index (χ0v) is 19.8. The van der Waals surface area contributed by atoms with E-state index in [0.717, 1.165) is 16.5 Å². The highest BCUT2D eigenvalue weighted by Gasteiger charge is 2.47. The molecule has 1 heterocycles. The Labute approximate surface area is 202 Å². The summed E-state index contributed by atoms with van der Waals surface area (Å²) in [7, 11) is 1.54. The van der Waals surface area contributed by atoms with Crippen LogP contribution in [0.15, 0.2) is 72.3 Å².